The molecule has 1 N–H and O–H groups in total. The molecule has 0 saturated heterocycles. The minimum atomic E-state index is -4.53. The number of nitrogens with zero attached hydrogens (tertiary/aromatic N) is 2. The lowest BCUT2D eigenvalue weighted by Gasteiger charge is -2.11. The minimum Gasteiger partial charge on any atom is -0.379 e. The molecule has 0 radical (unpaired) electrons. The molecule has 0 amide bonds. The maximum Gasteiger partial charge on any atom is 0.433 e. The molecule has 1 heterocycles. The highest BCUT2D eigenvalue weighted by Crippen LogP contribution is 2.29. The lowest BCUT2D eigenvalue weighted by atomic mass is 10.2. The van der Waals surface area contributed by atoms with Crippen molar-refractivity contribution in [2.75, 3.05) is 25.1 Å². The Morgan fingerprint density at radius 3 is 2.65 bits per heavy atom. The van der Waals surface area contributed by atoms with Crippen molar-refractivity contribution in [1.82, 2.24) is 4.98 Å². The number of anilines is 1. The zero-order chi connectivity index (χ0) is 15.2. The molecule has 0 bridgehead atoms. The van der Waals surface area contributed by atoms with Crippen molar-refractivity contribution in [3.8, 4) is 6.07 Å². The number of hydrogen-bond donors (Lipinski definition) is 1. The van der Waals surface area contributed by atoms with E-state index in [2.05, 4.69) is 10.3 Å². The molecule has 0 fully saturated rings. The van der Waals surface area contributed by atoms with Crippen molar-refractivity contribution in [3.63, 3.8) is 0 Å². The van der Waals surface area contributed by atoms with E-state index < -0.39 is 11.9 Å². The predicted molar refractivity (Wildman–Crippen MR) is 68.1 cm³/mol. The summed E-state index contributed by atoms with van der Waals surface area (Å²) in [5.41, 5.74) is -0.955. The zero-order valence-corrected chi connectivity index (χ0v) is 11.3. The maximum absolute atomic E-state index is 12.5. The van der Waals surface area contributed by atoms with E-state index in [0.29, 0.717) is 19.1 Å². The molecular formula is C13H16F3N3O. The van der Waals surface area contributed by atoms with Gasteiger partial charge < -0.3 is 10.1 Å². The summed E-state index contributed by atoms with van der Waals surface area (Å²) in [6, 6.07) is 3.70. The number of aromatic nitrogens is 1. The van der Waals surface area contributed by atoms with E-state index in [1.807, 2.05) is 13.8 Å². The van der Waals surface area contributed by atoms with Gasteiger partial charge in [0, 0.05) is 13.2 Å². The van der Waals surface area contributed by atoms with Crippen molar-refractivity contribution >= 4 is 5.82 Å². The van der Waals surface area contributed by atoms with Gasteiger partial charge in [-0.15, -0.1) is 0 Å². The quantitative estimate of drug-likeness (QED) is 0.817. The molecule has 0 unspecified atom stereocenters. The number of halogens is 3. The zero-order valence-electron chi connectivity index (χ0n) is 11.3. The van der Waals surface area contributed by atoms with Crippen molar-refractivity contribution in [1.29, 1.82) is 5.26 Å². The summed E-state index contributed by atoms with van der Waals surface area (Å²) in [5, 5.41) is 11.5. The highest BCUT2D eigenvalue weighted by Gasteiger charge is 2.33. The Kier molecular flexibility index (Phi) is 5.77. The third kappa shape index (κ3) is 5.05. The van der Waals surface area contributed by atoms with Crippen LogP contribution in [0.3, 0.4) is 0 Å². The van der Waals surface area contributed by atoms with Gasteiger partial charge in [0.15, 0.2) is 0 Å². The fourth-order valence-electron chi connectivity index (χ4n) is 1.40. The first-order chi connectivity index (χ1) is 9.34. The summed E-state index contributed by atoms with van der Waals surface area (Å²) >= 11 is 0. The minimum absolute atomic E-state index is 0.0712. The van der Waals surface area contributed by atoms with Crippen LogP contribution in [0, 0.1) is 17.2 Å². The van der Waals surface area contributed by atoms with Crippen LogP contribution in [0.4, 0.5) is 19.0 Å². The highest BCUT2D eigenvalue weighted by atomic mass is 19.4. The number of pyridine rings is 1. The third-order valence-corrected chi connectivity index (χ3v) is 2.30. The lowest BCUT2D eigenvalue weighted by molar-refractivity contribution is -0.141. The molecule has 0 aliphatic rings. The van der Waals surface area contributed by atoms with Gasteiger partial charge >= 0.3 is 6.18 Å². The second kappa shape index (κ2) is 7.10. The second-order valence-electron chi connectivity index (χ2n) is 4.60. The monoisotopic (exact) mass is 287 g/mol. The molecule has 0 aromatic carbocycles. The number of rotatable bonds is 6. The lowest BCUT2D eigenvalue weighted by Crippen LogP contribution is -2.15. The predicted octanol–water partition coefficient (Wildman–Crippen LogP) is 3.06. The van der Waals surface area contributed by atoms with Crippen molar-refractivity contribution in [2.45, 2.75) is 20.0 Å². The smallest absolute Gasteiger partial charge is 0.379 e. The first kappa shape index (κ1) is 16.2. The van der Waals surface area contributed by atoms with Gasteiger partial charge in [0.1, 0.15) is 17.6 Å². The molecule has 1 aromatic rings. The molecule has 20 heavy (non-hydrogen) atoms. The summed E-state index contributed by atoms with van der Waals surface area (Å²) in [7, 11) is 0. The molecule has 0 atom stereocenters. The van der Waals surface area contributed by atoms with Gasteiger partial charge in [-0.05, 0) is 18.1 Å². The molecule has 110 valence electrons. The fraction of sp³-hybridized carbons (Fsp3) is 0.538. The molecule has 7 heteroatoms. The summed E-state index contributed by atoms with van der Waals surface area (Å²) in [6.45, 7) is 5.19. The number of alkyl halides is 3. The van der Waals surface area contributed by atoms with E-state index in [4.69, 9.17) is 10.00 Å². The molecule has 1 aromatic heterocycles. The largest absolute Gasteiger partial charge is 0.433 e. The molecule has 0 spiro atoms. The third-order valence-electron chi connectivity index (χ3n) is 2.30. The van der Waals surface area contributed by atoms with Gasteiger partial charge in [-0.1, -0.05) is 13.8 Å². The van der Waals surface area contributed by atoms with E-state index in [1.54, 1.807) is 6.07 Å². The topological polar surface area (TPSA) is 57.9 Å². The number of nitriles is 1. The first-order valence-corrected chi connectivity index (χ1v) is 6.14. The fourth-order valence-corrected chi connectivity index (χ4v) is 1.40. The molecule has 0 aliphatic carbocycles. The Labute approximate surface area is 115 Å². The van der Waals surface area contributed by atoms with Crippen LogP contribution in [0.15, 0.2) is 12.1 Å². The van der Waals surface area contributed by atoms with Crippen LogP contribution < -0.4 is 5.32 Å². The number of hydrogen-bond acceptors (Lipinski definition) is 4. The van der Waals surface area contributed by atoms with Crippen LogP contribution in [0.1, 0.15) is 25.1 Å². The Morgan fingerprint density at radius 2 is 2.10 bits per heavy atom. The van der Waals surface area contributed by atoms with E-state index in [9.17, 15) is 13.2 Å². The maximum atomic E-state index is 12.5. The van der Waals surface area contributed by atoms with Crippen LogP contribution >= 0.6 is 0 Å². The number of nitrogens with one attached hydrogen (secondary N) is 1. The molecule has 1 rings (SSSR count). The average molecular weight is 287 g/mol. The van der Waals surface area contributed by atoms with Crippen LogP contribution in [-0.2, 0) is 10.9 Å². The summed E-state index contributed by atoms with van der Waals surface area (Å²) in [4.78, 5) is 3.43. The van der Waals surface area contributed by atoms with Crippen LogP contribution in [0.25, 0.3) is 0 Å². The Balaban J connectivity index is 2.66. The van der Waals surface area contributed by atoms with E-state index >= 15 is 0 Å². The van der Waals surface area contributed by atoms with Gasteiger partial charge in [0.05, 0.1) is 12.2 Å². The summed E-state index contributed by atoms with van der Waals surface area (Å²) < 4.78 is 42.9. The van der Waals surface area contributed by atoms with Gasteiger partial charge in [-0.3, -0.25) is 0 Å². The molecule has 0 aliphatic heterocycles. The van der Waals surface area contributed by atoms with Gasteiger partial charge in [-0.2, -0.15) is 18.4 Å². The van der Waals surface area contributed by atoms with Crippen LogP contribution in [0.5, 0.6) is 0 Å². The normalized spacial score (nSPS) is 11.4. The van der Waals surface area contributed by atoms with E-state index in [-0.39, 0.29) is 17.9 Å². The van der Waals surface area contributed by atoms with Crippen LogP contribution in [0.2, 0.25) is 0 Å². The molecular weight excluding hydrogens is 271 g/mol. The van der Waals surface area contributed by atoms with Crippen molar-refractivity contribution in [3.05, 3.63) is 23.4 Å². The van der Waals surface area contributed by atoms with Crippen molar-refractivity contribution in [2.24, 2.45) is 5.92 Å². The van der Waals surface area contributed by atoms with E-state index in [0.717, 1.165) is 12.1 Å². The van der Waals surface area contributed by atoms with Gasteiger partial charge in [0.2, 0.25) is 0 Å². The Bertz CT molecular complexity index is 481. The second-order valence-corrected chi connectivity index (χ2v) is 4.60. The Hall–Kier alpha value is -1.81. The average Bonchev–Trinajstić information content (AvgIpc) is 2.36. The highest BCUT2D eigenvalue weighted by molar-refractivity contribution is 5.52. The van der Waals surface area contributed by atoms with Gasteiger partial charge in [0.25, 0.3) is 0 Å². The molecule has 0 saturated carbocycles. The summed E-state index contributed by atoms with van der Waals surface area (Å²) in [6.07, 6.45) is -4.53. The number of ether oxygens (including phenoxy) is 1. The van der Waals surface area contributed by atoms with Gasteiger partial charge in [-0.25, -0.2) is 4.98 Å². The van der Waals surface area contributed by atoms with E-state index in [1.165, 1.54) is 0 Å². The van der Waals surface area contributed by atoms with Crippen LogP contribution in [-0.4, -0.2) is 24.7 Å². The standard InChI is InChI=1S/C13H16F3N3O/c1-9(2)8-20-6-5-18-12-10(7-17)3-4-11(19-12)13(14,15)16/h3-4,9H,5-6,8H2,1-2H3,(H,18,19). The SMILES string of the molecule is CC(C)COCCNc1nc(C(F)(F)F)ccc1C#N. The Morgan fingerprint density at radius 1 is 1.40 bits per heavy atom. The first-order valence-electron chi connectivity index (χ1n) is 6.14. The summed E-state index contributed by atoms with van der Waals surface area (Å²) in [5.74, 6) is 0.312. The van der Waals surface area contributed by atoms with Crippen molar-refractivity contribution < 1.29 is 17.9 Å². The molecule has 4 nitrogen and oxygen atoms in total.